The largest absolute Gasteiger partial charge is 0.444 e. The van der Waals surface area contributed by atoms with Gasteiger partial charge in [0.25, 0.3) is 0 Å². The van der Waals surface area contributed by atoms with Crippen LogP contribution in [0.2, 0.25) is 0 Å². The second kappa shape index (κ2) is 7.32. The number of amides is 2. The van der Waals surface area contributed by atoms with Crippen LogP contribution < -0.4 is 11.1 Å². The summed E-state index contributed by atoms with van der Waals surface area (Å²) < 4.78 is 10.7. The quantitative estimate of drug-likeness (QED) is 0.852. The summed E-state index contributed by atoms with van der Waals surface area (Å²) in [5.74, 6) is -0.769. The number of hydrogen-bond acceptors (Lipinski definition) is 5. The first kappa shape index (κ1) is 19.5. The fourth-order valence-corrected chi connectivity index (χ4v) is 2.18. The number of alkyl carbamates (subject to hydrolysis) is 1. The third-order valence-electron chi connectivity index (χ3n) is 3.51. The summed E-state index contributed by atoms with van der Waals surface area (Å²) in [6.07, 6.45) is -0.775. The van der Waals surface area contributed by atoms with Gasteiger partial charge >= 0.3 is 6.09 Å². The minimum Gasteiger partial charge on any atom is -0.444 e. The fourth-order valence-electron chi connectivity index (χ4n) is 2.18. The number of nitriles is 1. The lowest BCUT2D eigenvalue weighted by Crippen LogP contribution is -2.57. The Balaban J connectivity index is 3.15. The molecule has 7 nitrogen and oxygen atoms in total. The maximum Gasteiger partial charge on any atom is 0.408 e. The lowest BCUT2D eigenvalue weighted by Gasteiger charge is -2.35. The molecule has 2 atom stereocenters. The Kier molecular flexibility index (Phi) is 5.93. The Morgan fingerprint density at radius 3 is 2.12 bits per heavy atom. The highest BCUT2D eigenvalue weighted by Gasteiger charge is 2.42. The first-order valence-corrected chi connectivity index (χ1v) is 7.38. The minimum absolute atomic E-state index is 0.466. The van der Waals surface area contributed by atoms with Crippen molar-refractivity contribution in [3.63, 3.8) is 0 Å². The van der Waals surface area contributed by atoms with Crippen molar-refractivity contribution in [2.75, 3.05) is 7.11 Å². The van der Waals surface area contributed by atoms with E-state index in [0.717, 1.165) is 0 Å². The van der Waals surface area contributed by atoms with Gasteiger partial charge in [-0.05, 0) is 45.4 Å². The van der Waals surface area contributed by atoms with Crippen LogP contribution in [0.3, 0.4) is 0 Å². The fraction of sp³-hybridized carbons (Fsp3) is 0.471. The third kappa shape index (κ3) is 4.70. The van der Waals surface area contributed by atoms with E-state index in [1.165, 1.54) is 7.11 Å². The lowest BCUT2D eigenvalue weighted by molar-refractivity contribution is -0.129. The van der Waals surface area contributed by atoms with E-state index < -0.39 is 29.2 Å². The van der Waals surface area contributed by atoms with Crippen LogP contribution in [0.1, 0.15) is 38.8 Å². The van der Waals surface area contributed by atoms with Crippen molar-refractivity contribution in [1.29, 1.82) is 5.26 Å². The molecule has 2 unspecified atom stereocenters. The summed E-state index contributed by atoms with van der Waals surface area (Å²) in [7, 11) is 1.41. The van der Waals surface area contributed by atoms with Gasteiger partial charge in [0.1, 0.15) is 17.2 Å². The van der Waals surface area contributed by atoms with E-state index in [1.807, 2.05) is 6.07 Å². The molecule has 7 heteroatoms. The van der Waals surface area contributed by atoms with Gasteiger partial charge in [-0.15, -0.1) is 0 Å². The van der Waals surface area contributed by atoms with Crippen LogP contribution in [0.15, 0.2) is 24.3 Å². The van der Waals surface area contributed by atoms with E-state index in [9.17, 15) is 9.59 Å². The van der Waals surface area contributed by atoms with Crippen molar-refractivity contribution in [3.8, 4) is 6.07 Å². The summed E-state index contributed by atoms with van der Waals surface area (Å²) in [5, 5.41) is 11.3. The average molecular weight is 333 g/mol. The van der Waals surface area contributed by atoms with Gasteiger partial charge in [-0.25, -0.2) is 4.79 Å². The highest BCUT2D eigenvalue weighted by Crippen LogP contribution is 2.29. The number of carbonyl (C=O) groups is 2. The average Bonchev–Trinajstić information content (AvgIpc) is 2.50. The molecule has 0 spiro atoms. The molecule has 1 aromatic carbocycles. The lowest BCUT2D eigenvalue weighted by atomic mass is 9.87. The van der Waals surface area contributed by atoms with E-state index in [0.29, 0.717) is 11.1 Å². The van der Waals surface area contributed by atoms with Gasteiger partial charge in [0.15, 0.2) is 0 Å². The zero-order chi connectivity index (χ0) is 18.5. The SMILES string of the molecule is COC(C)(c1ccc(C#N)cc1)C(NC(=O)OC(C)(C)C)C(N)=O. The molecule has 0 radical (unpaired) electrons. The van der Waals surface area contributed by atoms with Gasteiger partial charge in [-0.2, -0.15) is 5.26 Å². The van der Waals surface area contributed by atoms with Gasteiger partial charge in [0.05, 0.1) is 11.6 Å². The Hall–Kier alpha value is -2.59. The number of hydrogen-bond donors (Lipinski definition) is 2. The monoisotopic (exact) mass is 333 g/mol. The molecule has 0 heterocycles. The molecule has 0 bridgehead atoms. The number of carbonyl (C=O) groups excluding carboxylic acids is 2. The van der Waals surface area contributed by atoms with Crippen molar-refractivity contribution in [2.24, 2.45) is 5.73 Å². The third-order valence-corrected chi connectivity index (χ3v) is 3.51. The second-order valence-corrected chi connectivity index (χ2v) is 6.48. The molecular weight excluding hydrogens is 310 g/mol. The Bertz CT molecular complexity index is 643. The minimum atomic E-state index is -1.23. The number of nitrogens with zero attached hydrogens (tertiary/aromatic N) is 1. The summed E-state index contributed by atoms with van der Waals surface area (Å²) in [6, 6.07) is 7.34. The Morgan fingerprint density at radius 1 is 1.21 bits per heavy atom. The molecule has 3 N–H and O–H groups in total. The van der Waals surface area contributed by atoms with E-state index in [1.54, 1.807) is 52.0 Å². The molecule has 1 rings (SSSR count). The molecule has 0 fully saturated rings. The van der Waals surface area contributed by atoms with Crippen LogP contribution in [0.5, 0.6) is 0 Å². The van der Waals surface area contributed by atoms with Gasteiger partial charge in [-0.1, -0.05) is 12.1 Å². The van der Waals surface area contributed by atoms with E-state index >= 15 is 0 Å². The number of nitrogens with one attached hydrogen (secondary N) is 1. The summed E-state index contributed by atoms with van der Waals surface area (Å²) in [4.78, 5) is 24.0. The number of benzene rings is 1. The van der Waals surface area contributed by atoms with Crippen LogP contribution in [-0.4, -0.2) is 30.8 Å². The highest BCUT2D eigenvalue weighted by molar-refractivity contribution is 5.86. The van der Waals surface area contributed by atoms with Crippen molar-refractivity contribution >= 4 is 12.0 Å². The molecule has 0 aliphatic rings. The molecule has 2 amide bonds. The van der Waals surface area contributed by atoms with E-state index in [2.05, 4.69) is 5.32 Å². The molecule has 0 aliphatic carbocycles. The number of primary amides is 1. The molecule has 0 aliphatic heterocycles. The number of nitrogens with two attached hydrogens (primary N) is 1. The molecule has 0 saturated heterocycles. The molecule has 0 aromatic heterocycles. The summed E-state index contributed by atoms with van der Waals surface area (Å²) in [5.41, 5.74) is 4.57. The predicted molar refractivity (Wildman–Crippen MR) is 87.9 cm³/mol. The van der Waals surface area contributed by atoms with Crippen LogP contribution >= 0.6 is 0 Å². The van der Waals surface area contributed by atoms with E-state index in [-0.39, 0.29) is 0 Å². The Morgan fingerprint density at radius 2 is 1.75 bits per heavy atom. The zero-order valence-electron chi connectivity index (χ0n) is 14.5. The normalized spacial score (nSPS) is 14.8. The first-order valence-electron chi connectivity index (χ1n) is 7.38. The summed E-state index contributed by atoms with van der Waals surface area (Å²) in [6.45, 7) is 6.76. The van der Waals surface area contributed by atoms with Crippen molar-refractivity contribution in [1.82, 2.24) is 5.32 Å². The second-order valence-electron chi connectivity index (χ2n) is 6.48. The van der Waals surface area contributed by atoms with Gasteiger partial charge in [0, 0.05) is 7.11 Å². The number of methoxy groups -OCH3 is 1. The summed E-state index contributed by atoms with van der Waals surface area (Å²) >= 11 is 0. The van der Waals surface area contributed by atoms with Crippen LogP contribution in [0, 0.1) is 11.3 Å². The maximum absolute atomic E-state index is 12.0. The Labute approximate surface area is 141 Å². The van der Waals surface area contributed by atoms with Gasteiger partial charge in [0.2, 0.25) is 5.91 Å². The van der Waals surface area contributed by atoms with E-state index in [4.69, 9.17) is 20.5 Å². The van der Waals surface area contributed by atoms with Crippen LogP contribution in [0.4, 0.5) is 4.79 Å². The van der Waals surface area contributed by atoms with Crippen molar-refractivity contribution in [2.45, 2.75) is 44.9 Å². The topological polar surface area (TPSA) is 114 Å². The smallest absolute Gasteiger partial charge is 0.408 e. The van der Waals surface area contributed by atoms with Crippen LogP contribution in [0.25, 0.3) is 0 Å². The first-order chi connectivity index (χ1) is 11.0. The van der Waals surface area contributed by atoms with Crippen molar-refractivity contribution in [3.05, 3.63) is 35.4 Å². The number of ether oxygens (including phenoxy) is 2. The molecule has 1 aromatic rings. The standard InChI is InChI=1S/C17H23N3O4/c1-16(2,3)24-15(22)20-13(14(19)21)17(4,23-5)12-8-6-11(10-18)7-9-12/h6-9,13H,1-5H3,(H2,19,21)(H,20,22). The van der Waals surface area contributed by atoms with Gasteiger partial charge in [-0.3, -0.25) is 4.79 Å². The highest BCUT2D eigenvalue weighted by atomic mass is 16.6. The number of rotatable bonds is 5. The van der Waals surface area contributed by atoms with Crippen molar-refractivity contribution < 1.29 is 19.1 Å². The molecule has 24 heavy (non-hydrogen) atoms. The molecule has 130 valence electrons. The van der Waals surface area contributed by atoms with Crippen LogP contribution in [-0.2, 0) is 19.9 Å². The molecule has 0 saturated carbocycles. The molecular formula is C17H23N3O4. The predicted octanol–water partition coefficient (Wildman–Crippen LogP) is 1.80. The maximum atomic E-state index is 12.0. The van der Waals surface area contributed by atoms with Gasteiger partial charge < -0.3 is 20.5 Å². The zero-order valence-corrected chi connectivity index (χ0v) is 14.5.